The molecule has 0 aliphatic heterocycles. The van der Waals surface area contributed by atoms with Gasteiger partial charge in [-0.3, -0.25) is 0 Å². The van der Waals surface area contributed by atoms with Crippen LogP contribution in [0.3, 0.4) is 0 Å². The molecule has 0 fully saturated rings. The molecule has 90 valence electrons. The molecule has 0 saturated heterocycles. The maximum Gasteiger partial charge on any atom is 0.0571 e. The molecule has 0 amide bonds. The van der Waals surface area contributed by atoms with Crippen molar-refractivity contribution in [2.75, 3.05) is 13.3 Å². The number of hydrogen-bond acceptors (Lipinski definition) is 0. The van der Waals surface area contributed by atoms with Gasteiger partial charge in [0.1, 0.15) is 0 Å². The van der Waals surface area contributed by atoms with Crippen LogP contribution in [0.5, 0.6) is 0 Å². The lowest BCUT2D eigenvalue weighted by Crippen LogP contribution is -2.29. The van der Waals surface area contributed by atoms with Crippen LogP contribution in [-0.4, -0.2) is 21.4 Å². The second-order valence-corrected chi connectivity index (χ2v) is 14.4. The first-order valence-corrected chi connectivity index (χ1v) is 11.8. The molecule has 0 nitrogen and oxygen atoms in total. The van der Waals surface area contributed by atoms with Crippen LogP contribution in [0.15, 0.2) is 18.2 Å². The zero-order chi connectivity index (χ0) is 12.5. The van der Waals surface area contributed by atoms with Crippen LogP contribution in [0.4, 0.5) is 0 Å². The molecule has 16 heavy (non-hydrogen) atoms. The lowest BCUT2D eigenvalue weighted by atomic mass is 10.1. The van der Waals surface area contributed by atoms with Crippen molar-refractivity contribution >= 4 is 16.0 Å². The molecular weight excluding hydrogens is 227 g/mol. The first-order chi connectivity index (χ1) is 7.21. The summed E-state index contributed by atoms with van der Waals surface area (Å²) in [5, 5.41) is 0.834. The molecule has 0 aliphatic carbocycles. The molecule has 0 N–H and O–H groups in total. The Bertz CT molecular complexity index is 343. The van der Waals surface area contributed by atoms with E-state index in [1.807, 2.05) is 0 Å². The van der Waals surface area contributed by atoms with Crippen LogP contribution < -0.4 is 0 Å². The molecule has 0 aromatic heterocycles. The van der Waals surface area contributed by atoms with E-state index < -0.39 is 8.07 Å². The maximum absolute atomic E-state index is 2.50. The fourth-order valence-electron chi connectivity index (χ4n) is 2.74. The van der Waals surface area contributed by atoms with E-state index in [1.165, 1.54) is 11.1 Å². The fraction of sp³-hybridized carbons (Fsp3) is 0.571. The van der Waals surface area contributed by atoms with Crippen LogP contribution in [0, 0.1) is 13.8 Å². The number of rotatable bonds is 3. The molecule has 1 aromatic rings. The Morgan fingerprint density at radius 3 is 1.69 bits per heavy atom. The molecule has 1 atom stereocenters. The molecule has 1 unspecified atom stereocenters. The lowest BCUT2D eigenvalue weighted by Gasteiger charge is -2.33. The molecule has 0 aliphatic rings. The largest absolute Gasteiger partial charge is 0.108 e. The molecule has 0 heterocycles. The average molecular weight is 252 g/mol. The van der Waals surface area contributed by atoms with E-state index in [0.29, 0.717) is 0 Å². The van der Waals surface area contributed by atoms with Gasteiger partial charge in [-0.15, -0.1) is 7.92 Å². The predicted octanol–water partition coefficient (Wildman–Crippen LogP) is 4.96. The van der Waals surface area contributed by atoms with Gasteiger partial charge in [0.2, 0.25) is 0 Å². The van der Waals surface area contributed by atoms with Gasteiger partial charge < -0.3 is 0 Å². The Labute approximate surface area is 103 Å². The van der Waals surface area contributed by atoms with E-state index in [4.69, 9.17) is 0 Å². The number of benzene rings is 1. The van der Waals surface area contributed by atoms with Gasteiger partial charge in [-0.1, -0.05) is 49.0 Å². The van der Waals surface area contributed by atoms with Gasteiger partial charge >= 0.3 is 0 Å². The van der Waals surface area contributed by atoms with Crippen LogP contribution in [0.1, 0.15) is 22.0 Å². The van der Waals surface area contributed by atoms with Gasteiger partial charge in [0.15, 0.2) is 0 Å². The Morgan fingerprint density at radius 2 is 1.38 bits per heavy atom. The van der Waals surface area contributed by atoms with Crippen molar-refractivity contribution in [2.45, 2.75) is 38.8 Å². The summed E-state index contributed by atoms with van der Waals surface area (Å²) in [6, 6.07) is 7.08. The quantitative estimate of drug-likeness (QED) is 0.526. The van der Waals surface area contributed by atoms with Crippen molar-refractivity contribution in [3.05, 3.63) is 34.9 Å². The zero-order valence-corrected chi connectivity index (χ0v) is 13.7. The van der Waals surface area contributed by atoms with Crippen LogP contribution in [0.25, 0.3) is 0 Å². The van der Waals surface area contributed by atoms with E-state index in [2.05, 4.69) is 65.0 Å². The molecule has 2 heteroatoms. The van der Waals surface area contributed by atoms with Crippen molar-refractivity contribution in [1.82, 2.24) is 0 Å². The summed E-state index contributed by atoms with van der Waals surface area (Å²) in [7, 11) is -0.999. The molecule has 0 radical (unpaired) electrons. The fourth-order valence-corrected chi connectivity index (χ4v) is 10.8. The van der Waals surface area contributed by atoms with Gasteiger partial charge in [-0.05, 0) is 38.0 Å². The average Bonchev–Trinajstić information content (AvgIpc) is 1.96. The molecule has 1 rings (SSSR count). The number of hydrogen-bond donors (Lipinski definition) is 0. The Morgan fingerprint density at radius 1 is 0.938 bits per heavy atom. The monoisotopic (exact) mass is 252 g/mol. The SMILES string of the molecule is Cc1cc(C)cc(C(P(C)C)[Si](C)(C)C)c1. The van der Waals surface area contributed by atoms with Gasteiger partial charge in [0.25, 0.3) is 0 Å². The minimum Gasteiger partial charge on any atom is -0.108 e. The Kier molecular flexibility index (Phi) is 4.37. The third-order valence-corrected chi connectivity index (χ3v) is 10.1. The summed E-state index contributed by atoms with van der Waals surface area (Å²) >= 11 is 0. The van der Waals surface area contributed by atoms with Crippen molar-refractivity contribution in [2.24, 2.45) is 0 Å². The van der Waals surface area contributed by atoms with E-state index in [9.17, 15) is 0 Å². The van der Waals surface area contributed by atoms with E-state index in [0.717, 1.165) is 5.28 Å². The Hall–Kier alpha value is -0.133. The predicted molar refractivity (Wildman–Crippen MR) is 80.8 cm³/mol. The third kappa shape index (κ3) is 3.43. The molecule has 0 spiro atoms. The minimum atomic E-state index is -1.11. The van der Waals surface area contributed by atoms with Crippen LogP contribution >= 0.6 is 7.92 Å². The van der Waals surface area contributed by atoms with Crippen molar-refractivity contribution < 1.29 is 0 Å². The standard InChI is InChI=1S/C14H25PSi/c1-11-8-12(2)10-13(9-11)14(15(3)4)16(5,6)7/h8-10,14H,1-7H3. The highest BCUT2D eigenvalue weighted by atomic mass is 31.1. The second-order valence-electron chi connectivity index (χ2n) is 6.15. The summed E-state index contributed by atoms with van der Waals surface area (Å²) < 4.78 is 0. The molecular formula is C14H25PSi. The number of aryl methyl sites for hydroxylation is 2. The first kappa shape index (κ1) is 13.9. The van der Waals surface area contributed by atoms with Crippen molar-refractivity contribution in [3.8, 4) is 0 Å². The maximum atomic E-state index is 2.50. The van der Waals surface area contributed by atoms with Crippen molar-refractivity contribution in [1.29, 1.82) is 0 Å². The summed E-state index contributed by atoms with van der Waals surface area (Å²) in [6.07, 6.45) is 0. The van der Waals surface area contributed by atoms with E-state index >= 15 is 0 Å². The summed E-state index contributed by atoms with van der Waals surface area (Å²) in [5.74, 6) is 0. The molecule has 0 bridgehead atoms. The van der Waals surface area contributed by atoms with Gasteiger partial charge in [-0.25, -0.2) is 0 Å². The summed E-state index contributed by atoms with van der Waals surface area (Å²) in [5.41, 5.74) is 4.41. The third-order valence-electron chi connectivity index (χ3n) is 2.90. The second kappa shape index (κ2) is 5.02. The molecule has 0 saturated carbocycles. The highest BCUT2D eigenvalue weighted by molar-refractivity contribution is 7.59. The minimum absolute atomic E-state index is 0.109. The highest BCUT2D eigenvalue weighted by Crippen LogP contribution is 2.50. The lowest BCUT2D eigenvalue weighted by molar-refractivity contribution is 1.21. The normalized spacial score (nSPS) is 14.2. The van der Waals surface area contributed by atoms with E-state index in [-0.39, 0.29) is 7.92 Å². The van der Waals surface area contributed by atoms with Crippen molar-refractivity contribution in [3.63, 3.8) is 0 Å². The zero-order valence-electron chi connectivity index (χ0n) is 11.8. The van der Waals surface area contributed by atoms with Gasteiger partial charge in [-0.2, -0.15) is 0 Å². The van der Waals surface area contributed by atoms with Crippen LogP contribution in [-0.2, 0) is 0 Å². The Balaban J connectivity index is 3.21. The van der Waals surface area contributed by atoms with E-state index in [1.54, 1.807) is 5.56 Å². The summed E-state index contributed by atoms with van der Waals surface area (Å²) in [4.78, 5) is 0. The topological polar surface area (TPSA) is 0 Å². The summed E-state index contributed by atoms with van der Waals surface area (Å²) in [6.45, 7) is 16.8. The van der Waals surface area contributed by atoms with Crippen LogP contribution in [0.2, 0.25) is 19.6 Å². The first-order valence-electron chi connectivity index (χ1n) is 5.96. The van der Waals surface area contributed by atoms with Gasteiger partial charge in [0.05, 0.1) is 8.07 Å². The highest BCUT2D eigenvalue weighted by Gasteiger charge is 2.30. The molecule has 1 aromatic carbocycles. The smallest absolute Gasteiger partial charge is 0.0571 e. The van der Waals surface area contributed by atoms with Gasteiger partial charge in [0, 0.05) is 0 Å².